The molecule has 0 radical (unpaired) electrons. The highest BCUT2D eigenvalue weighted by molar-refractivity contribution is 7.19. The molecule has 0 aliphatic heterocycles. The van der Waals surface area contributed by atoms with E-state index in [1.807, 2.05) is 30.3 Å². The van der Waals surface area contributed by atoms with Crippen molar-refractivity contribution >= 4 is 51.0 Å². The van der Waals surface area contributed by atoms with Gasteiger partial charge < -0.3 is 9.47 Å². The molecule has 0 saturated carbocycles. The Balaban J connectivity index is 1.26. The molecule has 0 atom stereocenters. The van der Waals surface area contributed by atoms with Gasteiger partial charge in [-0.15, -0.1) is 11.3 Å². The molecular weight excluding hydrogens is 482 g/mol. The molecule has 5 rings (SSSR count). The lowest BCUT2D eigenvalue weighted by Crippen LogP contribution is -2.04. The second kappa shape index (κ2) is 10.5. The number of nitrogens with zero attached hydrogens (tertiary/aromatic N) is 3. The van der Waals surface area contributed by atoms with Crippen LogP contribution < -0.4 is 4.74 Å². The van der Waals surface area contributed by atoms with Gasteiger partial charge in [-0.25, -0.2) is 14.8 Å². The number of para-hydroxylation sites is 1. The van der Waals surface area contributed by atoms with E-state index in [4.69, 9.17) is 26.1 Å². The predicted octanol–water partition coefficient (Wildman–Crippen LogP) is 6.73. The smallest absolute Gasteiger partial charge is 0.340 e. The van der Waals surface area contributed by atoms with Gasteiger partial charge in [-0.1, -0.05) is 23.7 Å². The summed E-state index contributed by atoms with van der Waals surface area (Å²) in [5, 5.41) is 1.53. The normalized spacial score (nSPS) is 13.2. The number of aliphatic imine (C=N–C) groups is 1. The SMILES string of the molecule is CCOC(=O)c1ccccc1N=Cc1ccc(OCc2nc(Cl)c3c4c(sc3n2)CCCC4)cc1. The maximum atomic E-state index is 12.1. The Hall–Kier alpha value is -3.29. The van der Waals surface area contributed by atoms with Gasteiger partial charge in [0.2, 0.25) is 0 Å². The van der Waals surface area contributed by atoms with Crippen molar-refractivity contribution in [3.05, 3.63) is 81.1 Å². The summed E-state index contributed by atoms with van der Waals surface area (Å²) in [7, 11) is 0. The molecule has 178 valence electrons. The van der Waals surface area contributed by atoms with Crippen LogP contribution in [0.15, 0.2) is 53.5 Å². The van der Waals surface area contributed by atoms with Crippen molar-refractivity contribution in [1.29, 1.82) is 0 Å². The number of halogens is 1. The first-order chi connectivity index (χ1) is 17.1. The quantitative estimate of drug-likeness (QED) is 0.158. The van der Waals surface area contributed by atoms with Crippen molar-refractivity contribution < 1.29 is 14.3 Å². The highest BCUT2D eigenvalue weighted by Crippen LogP contribution is 2.38. The fraction of sp³-hybridized carbons (Fsp3) is 0.259. The molecule has 0 N–H and O–H groups in total. The molecular formula is C27H24ClN3O3S. The van der Waals surface area contributed by atoms with Crippen LogP contribution in [0.4, 0.5) is 5.69 Å². The number of hydrogen-bond acceptors (Lipinski definition) is 7. The van der Waals surface area contributed by atoms with Crippen LogP contribution >= 0.6 is 22.9 Å². The summed E-state index contributed by atoms with van der Waals surface area (Å²) < 4.78 is 11.0. The topological polar surface area (TPSA) is 73.7 Å². The third-order valence-electron chi connectivity index (χ3n) is 5.82. The van der Waals surface area contributed by atoms with Gasteiger partial charge in [0.05, 0.1) is 23.2 Å². The summed E-state index contributed by atoms with van der Waals surface area (Å²) in [5.41, 5.74) is 3.20. The Bertz CT molecular complexity index is 1400. The highest BCUT2D eigenvalue weighted by Gasteiger charge is 2.20. The number of ether oxygens (including phenoxy) is 2. The lowest BCUT2D eigenvalue weighted by molar-refractivity contribution is 0.0527. The van der Waals surface area contributed by atoms with E-state index in [2.05, 4.69) is 9.98 Å². The highest BCUT2D eigenvalue weighted by atomic mass is 35.5. The molecule has 4 aromatic rings. The predicted molar refractivity (Wildman–Crippen MR) is 139 cm³/mol. The molecule has 8 heteroatoms. The van der Waals surface area contributed by atoms with Crippen molar-refractivity contribution in [3.63, 3.8) is 0 Å². The van der Waals surface area contributed by atoms with Gasteiger partial charge in [0.25, 0.3) is 0 Å². The number of thiophene rings is 1. The van der Waals surface area contributed by atoms with E-state index in [1.165, 1.54) is 23.3 Å². The summed E-state index contributed by atoms with van der Waals surface area (Å²) >= 11 is 8.26. The molecule has 2 aromatic heterocycles. The number of fused-ring (bicyclic) bond motifs is 3. The van der Waals surface area contributed by atoms with Crippen LogP contribution in [0.2, 0.25) is 5.15 Å². The van der Waals surface area contributed by atoms with Crippen molar-refractivity contribution in [3.8, 4) is 5.75 Å². The maximum Gasteiger partial charge on any atom is 0.340 e. The van der Waals surface area contributed by atoms with E-state index < -0.39 is 0 Å². The molecule has 1 aliphatic rings. The number of carbonyl (C=O) groups is 1. The van der Waals surface area contributed by atoms with Crippen molar-refractivity contribution in [2.24, 2.45) is 4.99 Å². The third-order valence-corrected chi connectivity index (χ3v) is 7.28. The number of aryl methyl sites for hydroxylation is 2. The number of esters is 1. The summed E-state index contributed by atoms with van der Waals surface area (Å²) in [6.07, 6.45) is 6.27. The van der Waals surface area contributed by atoms with E-state index in [0.29, 0.717) is 34.6 Å². The van der Waals surface area contributed by atoms with E-state index in [9.17, 15) is 4.79 Å². The summed E-state index contributed by atoms with van der Waals surface area (Å²) in [6, 6.07) is 14.6. The minimum Gasteiger partial charge on any atom is -0.486 e. The lowest BCUT2D eigenvalue weighted by Gasteiger charge is -2.10. The Morgan fingerprint density at radius 3 is 2.74 bits per heavy atom. The van der Waals surface area contributed by atoms with Gasteiger partial charge in [0, 0.05) is 11.1 Å². The van der Waals surface area contributed by atoms with Crippen LogP contribution in [0.3, 0.4) is 0 Å². The lowest BCUT2D eigenvalue weighted by atomic mass is 9.97. The Labute approximate surface area is 212 Å². The monoisotopic (exact) mass is 505 g/mol. The van der Waals surface area contributed by atoms with E-state index >= 15 is 0 Å². The minimum absolute atomic E-state index is 0.235. The fourth-order valence-electron chi connectivity index (χ4n) is 4.13. The molecule has 1 aliphatic carbocycles. The fourth-order valence-corrected chi connectivity index (χ4v) is 5.77. The van der Waals surface area contributed by atoms with Crippen molar-refractivity contribution in [1.82, 2.24) is 9.97 Å². The molecule has 35 heavy (non-hydrogen) atoms. The third kappa shape index (κ3) is 5.21. The zero-order valence-electron chi connectivity index (χ0n) is 19.3. The number of hydrogen-bond donors (Lipinski definition) is 0. The van der Waals surface area contributed by atoms with E-state index in [-0.39, 0.29) is 12.6 Å². The number of carbonyl (C=O) groups excluding carboxylic acids is 1. The summed E-state index contributed by atoms with van der Waals surface area (Å²) in [6.45, 7) is 2.33. The van der Waals surface area contributed by atoms with Crippen LogP contribution in [0.1, 0.15) is 52.0 Å². The molecule has 2 heterocycles. The van der Waals surface area contributed by atoms with Crippen LogP contribution in [-0.2, 0) is 24.2 Å². The summed E-state index contributed by atoms with van der Waals surface area (Å²) in [4.78, 5) is 28.1. The number of benzene rings is 2. The van der Waals surface area contributed by atoms with Gasteiger partial charge in [0.1, 0.15) is 22.3 Å². The standard InChI is InChI=1S/C27H24ClN3O3S/c1-2-33-27(32)19-7-3-5-9-21(19)29-15-17-11-13-18(14-12-17)34-16-23-30-25(28)24-20-8-4-6-10-22(20)35-26(24)31-23/h3,5,7,9,11-15H,2,4,6,8,10,16H2,1H3. The average molecular weight is 506 g/mol. The summed E-state index contributed by atoms with van der Waals surface area (Å²) in [5.74, 6) is 0.883. The van der Waals surface area contributed by atoms with Crippen molar-refractivity contribution in [2.75, 3.05) is 6.61 Å². The van der Waals surface area contributed by atoms with Gasteiger partial charge in [-0.2, -0.15) is 0 Å². The molecule has 2 aromatic carbocycles. The van der Waals surface area contributed by atoms with Crippen LogP contribution in [0.25, 0.3) is 10.2 Å². The molecule has 0 saturated heterocycles. The van der Waals surface area contributed by atoms with Gasteiger partial charge >= 0.3 is 5.97 Å². The minimum atomic E-state index is -0.382. The number of rotatable bonds is 7. The zero-order chi connectivity index (χ0) is 24.2. The maximum absolute atomic E-state index is 12.1. The molecule has 0 bridgehead atoms. The van der Waals surface area contributed by atoms with Gasteiger partial charge in [0.15, 0.2) is 5.82 Å². The van der Waals surface area contributed by atoms with Crippen LogP contribution in [0, 0.1) is 0 Å². The second-order valence-corrected chi connectivity index (χ2v) is 9.62. The molecule has 0 spiro atoms. The molecule has 0 amide bonds. The first kappa shape index (κ1) is 23.5. The second-order valence-electron chi connectivity index (χ2n) is 8.18. The molecule has 6 nitrogen and oxygen atoms in total. The van der Waals surface area contributed by atoms with E-state index in [0.717, 1.165) is 28.6 Å². The van der Waals surface area contributed by atoms with Crippen LogP contribution in [0.5, 0.6) is 5.75 Å². The van der Waals surface area contributed by atoms with Crippen molar-refractivity contribution in [2.45, 2.75) is 39.2 Å². The average Bonchev–Trinajstić information content (AvgIpc) is 3.26. The van der Waals surface area contributed by atoms with Gasteiger partial charge in [-0.05, 0) is 80.1 Å². The Kier molecular flexibility index (Phi) is 7.06. The molecule has 0 unspecified atom stereocenters. The largest absolute Gasteiger partial charge is 0.486 e. The Morgan fingerprint density at radius 2 is 1.91 bits per heavy atom. The van der Waals surface area contributed by atoms with Crippen LogP contribution in [-0.4, -0.2) is 28.8 Å². The zero-order valence-corrected chi connectivity index (χ0v) is 20.9. The number of aromatic nitrogens is 2. The first-order valence-electron chi connectivity index (χ1n) is 11.6. The van der Waals surface area contributed by atoms with E-state index in [1.54, 1.807) is 42.7 Å². The van der Waals surface area contributed by atoms with Gasteiger partial charge in [-0.3, -0.25) is 4.99 Å². The Morgan fingerprint density at radius 1 is 1.11 bits per heavy atom. The molecule has 0 fully saturated rings. The first-order valence-corrected chi connectivity index (χ1v) is 12.8.